The molecule has 17 rings (SSSR count). The van der Waals surface area contributed by atoms with Gasteiger partial charge in [0.05, 0.1) is 0 Å². The highest BCUT2D eigenvalue weighted by Crippen LogP contribution is 2.69. The SMILES string of the molecule is C1CC2CC1c1c2c2oc3c4c(c5oc6c7c(c8oc9c%10c(c%11oc1c1c%11c9c8c6c5c3c21)C1CCC%10C1)C1CCC7C1)C1CCC4C1. The Labute approximate surface area is 273 Å². The molecule has 0 N–H and O–H groups in total. The lowest BCUT2D eigenvalue weighted by Gasteiger charge is -2.17. The Morgan fingerprint density at radius 2 is 0.375 bits per heavy atom. The standard InChI is InChI=1S/C44H32O4/c1-2-14-9-13(1)21-22(14)38-30-29-31-33-35-36-34-32(30)40(46-38)25-17-5-6-18(11-17)26(25)42(34)48-44(36)28-20-8-7-19(12-20)27(28)43(35)47-41(33)24-16-4-3-15(10-16)23(24)39(31)45-37(21)29/h13-20H,1-12H2. The highest BCUT2D eigenvalue weighted by molar-refractivity contribution is 6.45. The summed E-state index contributed by atoms with van der Waals surface area (Å²) in [5.74, 6) is 4.71. The zero-order valence-corrected chi connectivity index (χ0v) is 26.7. The molecule has 9 aromatic rings. The molecule has 8 atom stereocenters. The summed E-state index contributed by atoms with van der Waals surface area (Å²) in [7, 11) is 0. The number of fused-ring (bicyclic) bond motifs is 28. The van der Waals surface area contributed by atoms with Gasteiger partial charge in [0, 0.05) is 87.6 Å². The molecule has 4 heterocycles. The van der Waals surface area contributed by atoms with E-state index in [9.17, 15) is 0 Å². The zero-order valence-electron chi connectivity index (χ0n) is 26.7. The van der Waals surface area contributed by atoms with E-state index in [2.05, 4.69) is 0 Å². The highest BCUT2D eigenvalue weighted by Gasteiger charge is 2.51. The Morgan fingerprint density at radius 1 is 0.229 bits per heavy atom. The van der Waals surface area contributed by atoms with Crippen LogP contribution >= 0.6 is 0 Å². The topological polar surface area (TPSA) is 52.6 Å². The van der Waals surface area contributed by atoms with Gasteiger partial charge in [0.15, 0.2) is 0 Å². The van der Waals surface area contributed by atoms with E-state index in [1.807, 2.05) is 0 Å². The van der Waals surface area contributed by atoms with E-state index in [4.69, 9.17) is 17.7 Å². The summed E-state index contributed by atoms with van der Waals surface area (Å²) in [6.07, 6.45) is 15.3. The predicted octanol–water partition coefficient (Wildman–Crippen LogP) is 13.1. The van der Waals surface area contributed by atoms with Crippen molar-refractivity contribution in [3.8, 4) is 0 Å². The van der Waals surface area contributed by atoms with Crippen LogP contribution < -0.4 is 0 Å². The molecule has 232 valence electrons. The maximum atomic E-state index is 7.53. The van der Waals surface area contributed by atoms with Crippen molar-refractivity contribution in [1.82, 2.24) is 0 Å². The van der Waals surface area contributed by atoms with Gasteiger partial charge in [0.1, 0.15) is 44.7 Å². The van der Waals surface area contributed by atoms with Crippen LogP contribution in [0.3, 0.4) is 0 Å². The first-order valence-corrected chi connectivity index (χ1v) is 19.5. The summed E-state index contributed by atoms with van der Waals surface area (Å²) in [6.45, 7) is 0. The molecule has 8 bridgehead atoms. The van der Waals surface area contributed by atoms with Gasteiger partial charge in [-0.15, -0.1) is 0 Å². The molecule has 4 heteroatoms. The average molecular weight is 625 g/mol. The van der Waals surface area contributed by atoms with Crippen molar-refractivity contribution in [2.24, 2.45) is 0 Å². The average Bonchev–Trinajstić information content (AvgIpc) is 3.94. The fourth-order valence-corrected chi connectivity index (χ4v) is 15.4. The van der Waals surface area contributed by atoms with Gasteiger partial charge >= 0.3 is 0 Å². The molecule has 5 aromatic carbocycles. The van der Waals surface area contributed by atoms with Crippen molar-refractivity contribution in [2.45, 2.75) is 124 Å². The third-order valence-corrected chi connectivity index (χ3v) is 16.7. The van der Waals surface area contributed by atoms with Gasteiger partial charge in [-0.2, -0.15) is 0 Å². The van der Waals surface area contributed by atoms with Crippen LogP contribution in [0.25, 0.3) is 87.8 Å². The molecule has 8 aliphatic rings. The molecule has 4 nitrogen and oxygen atoms in total. The molecular formula is C44H32O4. The zero-order chi connectivity index (χ0) is 29.8. The number of hydrogen-bond acceptors (Lipinski definition) is 4. The van der Waals surface area contributed by atoms with Gasteiger partial charge < -0.3 is 17.7 Å². The molecule has 4 fully saturated rings. The van der Waals surface area contributed by atoms with Crippen LogP contribution in [-0.4, -0.2) is 0 Å². The molecule has 0 saturated heterocycles. The first-order valence-electron chi connectivity index (χ1n) is 19.5. The van der Waals surface area contributed by atoms with E-state index in [1.54, 1.807) is 0 Å². The third-order valence-electron chi connectivity index (χ3n) is 16.7. The quantitative estimate of drug-likeness (QED) is 0.168. The van der Waals surface area contributed by atoms with Crippen LogP contribution in [0.4, 0.5) is 0 Å². The van der Waals surface area contributed by atoms with Gasteiger partial charge in [-0.3, -0.25) is 0 Å². The summed E-state index contributed by atoms with van der Waals surface area (Å²) in [5.41, 5.74) is 21.7. The van der Waals surface area contributed by atoms with Gasteiger partial charge in [-0.1, -0.05) is 0 Å². The van der Waals surface area contributed by atoms with Gasteiger partial charge in [-0.25, -0.2) is 0 Å². The van der Waals surface area contributed by atoms with Gasteiger partial charge in [-0.05, 0) is 124 Å². The summed E-state index contributed by atoms with van der Waals surface area (Å²) in [6, 6.07) is 0. The van der Waals surface area contributed by atoms with E-state index in [-0.39, 0.29) is 0 Å². The Morgan fingerprint density at radius 3 is 0.521 bits per heavy atom. The van der Waals surface area contributed by atoms with Gasteiger partial charge in [0.25, 0.3) is 0 Å². The number of hydrogen-bond donors (Lipinski definition) is 0. The lowest BCUT2D eigenvalue weighted by molar-refractivity contribution is 0.609. The van der Waals surface area contributed by atoms with E-state index in [0.717, 1.165) is 0 Å². The maximum absolute atomic E-state index is 7.53. The normalized spacial score (nSPS) is 33.7. The molecule has 8 unspecified atom stereocenters. The first-order chi connectivity index (χ1) is 23.8. The molecule has 4 aromatic heterocycles. The van der Waals surface area contributed by atoms with Gasteiger partial charge in [0.2, 0.25) is 0 Å². The molecule has 8 aliphatic carbocycles. The van der Waals surface area contributed by atoms with Crippen molar-refractivity contribution in [3.05, 3.63) is 44.5 Å². The fourth-order valence-electron chi connectivity index (χ4n) is 15.4. The second-order valence-electron chi connectivity index (χ2n) is 18.2. The second kappa shape index (κ2) is 6.53. The van der Waals surface area contributed by atoms with Crippen LogP contribution in [0, 0.1) is 0 Å². The molecule has 48 heavy (non-hydrogen) atoms. The largest absolute Gasteiger partial charge is 0.455 e. The van der Waals surface area contributed by atoms with Crippen molar-refractivity contribution in [3.63, 3.8) is 0 Å². The molecule has 0 amide bonds. The Balaban J connectivity index is 1.28. The van der Waals surface area contributed by atoms with Crippen LogP contribution in [-0.2, 0) is 0 Å². The summed E-state index contributed by atoms with van der Waals surface area (Å²) in [4.78, 5) is 0. The summed E-state index contributed by atoms with van der Waals surface area (Å²) >= 11 is 0. The minimum absolute atomic E-state index is 0.589. The lowest BCUT2D eigenvalue weighted by Crippen LogP contribution is -2.00. The predicted molar refractivity (Wildman–Crippen MR) is 186 cm³/mol. The van der Waals surface area contributed by atoms with Crippen molar-refractivity contribution in [1.29, 1.82) is 0 Å². The summed E-state index contributed by atoms with van der Waals surface area (Å²) in [5, 5.41) is 10.8. The molecule has 0 aliphatic heterocycles. The minimum Gasteiger partial charge on any atom is -0.455 e. The molecular weight excluding hydrogens is 592 g/mol. The van der Waals surface area contributed by atoms with E-state index >= 15 is 0 Å². The minimum atomic E-state index is 0.589. The van der Waals surface area contributed by atoms with E-state index < -0.39 is 0 Å². The smallest absolute Gasteiger partial charge is 0.140 e. The van der Waals surface area contributed by atoms with Crippen LogP contribution in [0.5, 0.6) is 0 Å². The monoisotopic (exact) mass is 624 g/mol. The number of rotatable bonds is 0. The number of furan rings is 4. The number of benzene rings is 4. The van der Waals surface area contributed by atoms with Crippen LogP contribution in [0.1, 0.15) is 169 Å². The first kappa shape index (κ1) is 22.7. The maximum Gasteiger partial charge on any atom is 0.140 e. The van der Waals surface area contributed by atoms with Crippen molar-refractivity contribution in [2.75, 3.05) is 0 Å². The Hall–Kier alpha value is -3.92. The Bertz CT molecular complexity index is 2430. The van der Waals surface area contributed by atoms with Crippen molar-refractivity contribution < 1.29 is 17.7 Å². The highest BCUT2D eigenvalue weighted by atomic mass is 16.4. The molecule has 0 spiro atoms. The van der Waals surface area contributed by atoms with Crippen molar-refractivity contribution >= 4 is 87.8 Å². The molecule has 4 saturated carbocycles. The van der Waals surface area contributed by atoms with Crippen LogP contribution in [0.2, 0.25) is 0 Å². The van der Waals surface area contributed by atoms with E-state index in [1.165, 1.54) is 209 Å². The fraction of sp³-hybridized carbons (Fsp3) is 0.455. The Kier molecular flexibility index (Phi) is 3.08. The molecule has 0 radical (unpaired) electrons. The lowest BCUT2D eigenvalue weighted by atomic mass is 9.81. The second-order valence-corrected chi connectivity index (χ2v) is 18.2. The van der Waals surface area contributed by atoms with Crippen LogP contribution in [0.15, 0.2) is 17.7 Å². The third kappa shape index (κ3) is 1.92. The van der Waals surface area contributed by atoms with E-state index in [0.29, 0.717) is 47.3 Å². The summed E-state index contributed by atoms with van der Waals surface area (Å²) < 4.78 is 30.1.